The highest BCUT2D eigenvalue weighted by Crippen LogP contribution is 1.83. The van der Waals surface area contributed by atoms with Gasteiger partial charge in [-0.1, -0.05) is 6.92 Å². The number of hydrogen-bond donors (Lipinski definition) is 3. The predicted molar refractivity (Wildman–Crippen MR) is 54.6 cm³/mol. The molecule has 0 aromatic heterocycles. The lowest BCUT2D eigenvalue weighted by Gasteiger charge is -2.15. The van der Waals surface area contributed by atoms with Gasteiger partial charge in [0.15, 0.2) is 0 Å². The highest BCUT2D eigenvalue weighted by molar-refractivity contribution is 5.81. The molecule has 0 saturated carbocycles. The third kappa shape index (κ3) is 5.53. The normalized spacial score (nSPS) is 14.3. The first-order valence-corrected chi connectivity index (χ1v) is 4.80. The standard InChI is InChI=1S/C9H19N3O2/c1-4-8(13)11-5-6(2)12-9(14)7(3)10/h6-7H,4-5,10H2,1-3H3,(H,11,13)(H,12,14)/t6-,7-/m0/s1. The second-order valence-electron chi connectivity index (χ2n) is 3.36. The van der Waals surface area contributed by atoms with Crippen molar-refractivity contribution in [1.82, 2.24) is 10.6 Å². The lowest BCUT2D eigenvalue weighted by atomic mass is 10.2. The topological polar surface area (TPSA) is 84.2 Å². The van der Waals surface area contributed by atoms with Crippen LogP contribution in [0.4, 0.5) is 0 Å². The van der Waals surface area contributed by atoms with E-state index in [1.54, 1.807) is 13.8 Å². The van der Waals surface area contributed by atoms with Crippen LogP contribution in [0.25, 0.3) is 0 Å². The van der Waals surface area contributed by atoms with E-state index in [2.05, 4.69) is 10.6 Å². The largest absolute Gasteiger partial charge is 0.354 e. The Hall–Kier alpha value is -1.10. The number of amides is 2. The van der Waals surface area contributed by atoms with Gasteiger partial charge in [-0.2, -0.15) is 0 Å². The number of carbonyl (C=O) groups is 2. The fourth-order valence-electron chi connectivity index (χ4n) is 0.817. The van der Waals surface area contributed by atoms with E-state index in [1.165, 1.54) is 0 Å². The average Bonchev–Trinajstić information content (AvgIpc) is 2.13. The maximum atomic E-state index is 11.1. The zero-order valence-electron chi connectivity index (χ0n) is 8.96. The molecule has 82 valence electrons. The molecule has 0 fully saturated rings. The third-order valence-electron chi connectivity index (χ3n) is 1.73. The molecular weight excluding hydrogens is 182 g/mol. The van der Waals surface area contributed by atoms with Crippen LogP contribution in [0.2, 0.25) is 0 Å². The summed E-state index contributed by atoms with van der Waals surface area (Å²) in [6.07, 6.45) is 0.452. The summed E-state index contributed by atoms with van der Waals surface area (Å²) in [6.45, 7) is 5.65. The molecule has 5 nitrogen and oxygen atoms in total. The number of hydrogen-bond acceptors (Lipinski definition) is 3. The summed E-state index contributed by atoms with van der Waals surface area (Å²) in [7, 11) is 0. The lowest BCUT2D eigenvalue weighted by molar-refractivity contribution is -0.124. The average molecular weight is 201 g/mol. The zero-order chi connectivity index (χ0) is 11.1. The molecule has 0 aromatic rings. The van der Waals surface area contributed by atoms with E-state index in [0.717, 1.165) is 0 Å². The summed E-state index contributed by atoms with van der Waals surface area (Å²) in [5.41, 5.74) is 5.37. The van der Waals surface area contributed by atoms with Crippen LogP contribution >= 0.6 is 0 Å². The summed E-state index contributed by atoms with van der Waals surface area (Å²) in [4.78, 5) is 22.0. The van der Waals surface area contributed by atoms with Crippen molar-refractivity contribution in [3.63, 3.8) is 0 Å². The fraction of sp³-hybridized carbons (Fsp3) is 0.778. The molecule has 14 heavy (non-hydrogen) atoms. The van der Waals surface area contributed by atoms with Crippen molar-refractivity contribution >= 4 is 11.8 Å². The van der Waals surface area contributed by atoms with Gasteiger partial charge in [-0.25, -0.2) is 0 Å². The van der Waals surface area contributed by atoms with Gasteiger partial charge in [0, 0.05) is 19.0 Å². The van der Waals surface area contributed by atoms with Crippen LogP contribution in [-0.2, 0) is 9.59 Å². The summed E-state index contributed by atoms with van der Waals surface area (Å²) in [5.74, 6) is -0.227. The Kier molecular flexibility index (Phi) is 5.87. The highest BCUT2D eigenvalue weighted by atomic mass is 16.2. The van der Waals surface area contributed by atoms with Gasteiger partial charge >= 0.3 is 0 Å². The Morgan fingerprint density at radius 1 is 1.36 bits per heavy atom. The van der Waals surface area contributed by atoms with E-state index in [-0.39, 0.29) is 17.9 Å². The van der Waals surface area contributed by atoms with Crippen LogP contribution in [0.3, 0.4) is 0 Å². The molecule has 4 N–H and O–H groups in total. The first-order chi connectivity index (χ1) is 6.47. The van der Waals surface area contributed by atoms with Crippen LogP contribution in [0.15, 0.2) is 0 Å². The summed E-state index contributed by atoms with van der Waals surface area (Å²) in [5, 5.41) is 5.36. The first-order valence-electron chi connectivity index (χ1n) is 4.80. The van der Waals surface area contributed by atoms with Crippen molar-refractivity contribution in [2.45, 2.75) is 39.3 Å². The molecule has 2 atom stereocenters. The van der Waals surface area contributed by atoms with Crippen molar-refractivity contribution in [3.8, 4) is 0 Å². The molecule has 0 aliphatic carbocycles. The van der Waals surface area contributed by atoms with Gasteiger partial charge in [0.25, 0.3) is 0 Å². The minimum absolute atomic E-state index is 0.0214. The van der Waals surface area contributed by atoms with Crippen LogP contribution < -0.4 is 16.4 Å². The molecule has 0 spiro atoms. The van der Waals surface area contributed by atoms with Gasteiger partial charge < -0.3 is 16.4 Å². The molecule has 0 unspecified atom stereocenters. The molecule has 0 bridgehead atoms. The van der Waals surface area contributed by atoms with Crippen LogP contribution in [0.1, 0.15) is 27.2 Å². The Bertz CT molecular complexity index is 204. The van der Waals surface area contributed by atoms with Crippen LogP contribution in [-0.4, -0.2) is 30.4 Å². The van der Waals surface area contributed by atoms with Crippen molar-refractivity contribution in [3.05, 3.63) is 0 Å². The highest BCUT2D eigenvalue weighted by Gasteiger charge is 2.11. The summed E-state index contributed by atoms with van der Waals surface area (Å²) >= 11 is 0. The van der Waals surface area contributed by atoms with Gasteiger partial charge in [-0.15, -0.1) is 0 Å². The second-order valence-corrected chi connectivity index (χ2v) is 3.36. The van der Waals surface area contributed by atoms with E-state index in [4.69, 9.17) is 5.73 Å². The molecule has 5 heteroatoms. The Balaban J connectivity index is 3.70. The molecule has 0 saturated heterocycles. The number of nitrogens with two attached hydrogens (primary N) is 1. The van der Waals surface area contributed by atoms with Crippen LogP contribution in [0, 0.1) is 0 Å². The van der Waals surface area contributed by atoms with E-state index >= 15 is 0 Å². The summed E-state index contributed by atoms with van der Waals surface area (Å²) < 4.78 is 0. The minimum atomic E-state index is -0.515. The van der Waals surface area contributed by atoms with Crippen molar-refractivity contribution in [1.29, 1.82) is 0 Å². The molecule has 0 rings (SSSR count). The van der Waals surface area contributed by atoms with E-state index < -0.39 is 6.04 Å². The maximum absolute atomic E-state index is 11.1. The quantitative estimate of drug-likeness (QED) is 0.553. The van der Waals surface area contributed by atoms with Crippen molar-refractivity contribution in [2.24, 2.45) is 5.73 Å². The first kappa shape index (κ1) is 12.9. The number of nitrogens with one attached hydrogen (secondary N) is 2. The molecule has 0 aromatic carbocycles. The molecule has 0 aliphatic rings. The maximum Gasteiger partial charge on any atom is 0.236 e. The molecule has 0 radical (unpaired) electrons. The molecule has 2 amide bonds. The second kappa shape index (κ2) is 6.37. The van der Waals surface area contributed by atoms with Crippen LogP contribution in [0.5, 0.6) is 0 Å². The van der Waals surface area contributed by atoms with E-state index in [0.29, 0.717) is 13.0 Å². The molecule has 0 aliphatic heterocycles. The fourth-order valence-corrected chi connectivity index (χ4v) is 0.817. The molecule has 0 heterocycles. The number of rotatable bonds is 5. The zero-order valence-corrected chi connectivity index (χ0v) is 8.96. The predicted octanol–water partition coefficient (Wildman–Crippen LogP) is -0.635. The lowest BCUT2D eigenvalue weighted by Crippen LogP contribution is -2.47. The molecular formula is C9H19N3O2. The Morgan fingerprint density at radius 2 is 1.93 bits per heavy atom. The van der Waals surface area contributed by atoms with Gasteiger partial charge in [0.1, 0.15) is 0 Å². The van der Waals surface area contributed by atoms with E-state index in [9.17, 15) is 9.59 Å². The van der Waals surface area contributed by atoms with Gasteiger partial charge in [-0.3, -0.25) is 9.59 Å². The third-order valence-corrected chi connectivity index (χ3v) is 1.73. The summed E-state index contributed by atoms with van der Waals surface area (Å²) in [6, 6.07) is -0.608. The Morgan fingerprint density at radius 3 is 2.36 bits per heavy atom. The van der Waals surface area contributed by atoms with Gasteiger partial charge in [-0.05, 0) is 13.8 Å². The Labute approximate surface area is 84.4 Å². The monoisotopic (exact) mass is 201 g/mol. The smallest absolute Gasteiger partial charge is 0.236 e. The SMILES string of the molecule is CCC(=O)NC[C@H](C)NC(=O)[C@H](C)N. The van der Waals surface area contributed by atoms with Gasteiger partial charge in [0.2, 0.25) is 11.8 Å². The number of carbonyl (C=O) groups excluding carboxylic acids is 2. The van der Waals surface area contributed by atoms with Crippen molar-refractivity contribution < 1.29 is 9.59 Å². The van der Waals surface area contributed by atoms with Crippen molar-refractivity contribution in [2.75, 3.05) is 6.54 Å². The minimum Gasteiger partial charge on any atom is -0.354 e. The van der Waals surface area contributed by atoms with Gasteiger partial charge in [0.05, 0.1) is 6.04 Å². The van der Waals surface area contributed by atoms with E-state index in [1.807, 2.05) is 6.92 Å².